The van der Waals surface area contributed by atoms with Crippen LogP contribution in [0.5, 0.6) is 0 Å². The number of hydrogen-bond acceptors (Lipinski definition) is 0. The van der Waals surface area contributed by atoms with Gasteiger partial charge in [0, 0.05) is 10.0 Å². The Bertz CT molecular complexity index is 554. The maximum atomic E-state index is 12.9. The van der Waals surface area contributed by atoms with Crippen LogP contribution in [0.15, 0.2) is 42.5 Å². The molecule has 0 aliphatic heterocycles. The van der Waals surface area contributed by atoms with Crippen molar-refractivity contribution < 1.29 is 4.39 Å². The van der Waals surface area contributed by atoms with Crippen LogP contribution in [0.2, 0.25) is 10.0 Å². The summed E-state index contributed by atoms with van der Waals surface area (Å²) in [7, 11) is 0. The summed E-state index contributed by atoms with van der Waals surface area (Å²) in [6, 6.07) is 11.7. The van der Waals surface area contributed by atoms with Gasteiger partial charge < -0.3 is 0 Å². The Kier molecular flexibility index (Phi) is 4.50. The topological polar surface area (TPSA) is 0 Å². The molecule has 0 heterocycles. The second-order valence-corrected chi connectivity index (χ2v) is 5.34. The zero-order valence-electron chi connectivity index (χ0n) is 9.34. The third-order valence-electron chi connectivity index (χ3n) is 2.60. The standard InChI is InChI=1S/C14H10Cl3F/c15-10-3-1-2-9(6-10)7-13(16)12-5-4-11(18)8-14(12)17/h1-6,8,13H,7H2. The molecule has 0 aromatic heterocycles. The maximum Gasteiger partial charge on any atom is 0.124 e. The second kappa shape index (κ2) is 5.92. The molecule has 4 heteroatoms. The van der Waals surface area contributed by atoms with Crippen molar-refractivity contribution in [1.29, 1.82) is 0 Å². The Hall–Kier alpha value is -0.760. The van der Waals surface area contributed by atoms with Gasteiger partial charge in [-0.2, -0.15) is 0 Å². The Morgan fingerprint density at radius 2 is 1.83 bits per heavy atom. The van der Waals surface area contributed by atoms with E-state index in [0.717, 1.165) is 11.1 Å². The molecule has 2 aromatic rings. The Morgan fingerprint density at radius 3 is 2.50 bits per heavy atom. The van der Waals surface area contributed by atoms with E-state index in [1.165, 1.54) is 12.1 Å². The highest BCUT2D eigenvalue weighted by Crippen LogP contribution is 2.31. The normalized spacial score (nSPS) is 12.4. The largest absolute Gasteiger partial charge is 0.207 e. The molecule has 0 spiro atoms. The third kappa shape index (κ3) is 3.38. The van der Waals surface area contributed by atoms with E-state index >= 15 is 0 Å². The quantitative estimate of drug-likeness (QED) is 0.642. The van der Waals surface area contributed by atoms with Crippen molar-refractivity contribution in [3.8, 4) is 0 Å². The lowest BCUT2D eigenvalue weighted by Crippen LogP contribution is -1.97. The van der Waals surface area contributed by atoms with Gasteiger partial charge in [-0.3, -0.25) is 0 Å². The molecule has 0 saturated carbocycles. The molecule has 94 valence electrons. The van der Waals surface area contributed by atoms with Crippen LogP contribution < -0.4 is 0 Å². The zero-order chi connectivity index (χ0) is 13.1. The molecule has 2 rings (SSSR count). The van der Waals surface area contributed by atoms with Crippen LogP contribution in [0.25, 0.3) is 0 Å². The van der Waals surface area contributed by atoms with E-state index in [-0.39, 0.29) is 11.2 Å². The van der Waals surface area contributed by atoms with Crippen LogP contribution >= 0.6 is 34.8 Å². The van der Waals surface area contributed by atoms with Gasteiger partial charge in [0.05, 0.1) is 5.38 Å². The fourth-order valence-corrected chi connectivity index (χ4v) is 2.67. The van der Waals surface area contributed by atoms with Gasteiger partial charge in [0.2, 0.25) is 0 Å². The van der Waals surface area contributed by atoms with E-state index in [9.17, 15) is 4.39 Å². The fraction of sp³-hybridized carbons (Fsp3) is 0.143. The predicted octanol–water partition coefficient (Wildman–Crippen LogP) is 5.66. The van der Waals surface area contributed by atoms with Crippen LogP contribution in [0.4, 0.5) is 4.39 Å². The number of hydrogen-bond donors (Lipinski definition) is 0. The average Bonchev–Trinajstić information content (AvgIpc) is 2.28. The average molecular weight is 304 g/mol. The fourth-order valence-electron chi connectivity index (χ4n) is 1.74. The van der Waals surface area contributed by atoms with Gasteiger partial charge in [-0.05, 0) is 41.8 Å². The van der Waals surface area contributed by atoms with Crippen molar-refractivity contribution in [2.24, 2.45) is 0 Å². The van der Waals surface area contributed by atoms with Crippen molar-refractivity contribution in [1.82, 2.24) is 0 Å². The van der Waals surface area contributed by atoms with E-state index < -0.39 is 0 Å². The van der Waals surface area contributed by atoms with Gasteiger partial charge in [0.1, 0.15) is 5.82 Å². The van der Waals surface area contributed by atoms with Crippen LogP contribution in [-0.2, 0) is 6.42 Å². The zero-order valence-corrected chi connectivity index (χ0v) is 11.6. The second-order valence-electron chi connectivity index (χ2n) is 3.97. The summed E-state index contributed by atoms with van der Waals surface area (Å²) in [6.45, 7) is 0. The first-order valence-corrected chi connectivity index (χ1v) is 6.59. The molecule has 18 heavy (non-hydrogen) atoms. The van der Waals surface area contributed by atoms with Crippen LogP contribution in [0.1, 0.15) is 16.5 Å². The van der Waals surface area contributed by atoms with Gasteiger partial charge in [0.15, 0.2) is 0 Å². The summed E-state index contributed by atoms with van der Waals surface area (Å²) in [4.78, 5) is 0. The minimum atomic E-state index is -0.365. The molecule has 2 aromatic carbocycles. The van der Waals surface area contributed by atoms with E-state index in [1.807, 2.05) is 18.2 Å². The Labute approximate surface area is 120 Å². The van der Waals surface area contributed by atoms with Gasteiger partial charge in [-0.1, -0.05) is 41.4 Å². The summed E-state index contributed by atoms with van der Waals surface area (Å²) < 4.78 is 12.9. The van der Waals surface area contributed by atoms with Gasteiger partial charge in [0.25, 0.3) is 0 Å². The molecule has 1 atom stereocenters. The summed E-state index contributed by atoms with van der Waals surface area (Å²) >= 11 is 18.2. The summed E-state index contributed by atoms with van der Waals surface area (Å²) in [5.74, 6) is -0.365. The van der Waals surface area contributed by atoms with Crippen molar-refractivity contribution in [3.05, 3.63) is 69.5 Å². The van der Waals surface area contributed by atoms with Gasteiger partial charge in [-0.25, -0.2) is 4.39 Å². The molecule has 0 radical (unpaired) electrons. The van der Waals surface area contributed by atoms with Crippen molar-refractivity contribution in [2.75, 3.05) is 0 Å². The summed E-state index contributed by atoms with van der Waals surface area (Å²) in [6.07, 6.45) is 0.591. The van der Waals surface area contributed by atoms with Gasteiger partial charge >= 0.3 is 0 Å². The molecular weight excluding hydrogens is 294 g/mol. The van der Waals surface area contributed by atoms with Gasteiger partial charge in [-0.15, -0.1) is 11.6 Å². The highest BCUT2D eigenvalue weighted by atomic mass is 35.5. The minimum absolute atomic E-state index is 0.309. The maximum absolute atomic E-state index is 12.9. The highest BCUT2D eigenvalue weighted by Gasteiger charge is 2.13. The van der Waals surface area contributed by atoms with Crippen LogP contribution in [0.3, 0.4) is 0 Å². The minimum Gasteiger partial charge on any atom is -0.207 e. The Morgan fingerprint density at radius 1 is 1.06 bits per heavy atom. The van der Waals surface area contributed by atoms with E-state index in [4.69, 9.17) is 34.8 Å². The van der Waals surface area contributed by atoms with Crippen molar-refractivity contribution in [2.45, 2.75) is 11.8 Å². The highest BCUT2D eigenvalue weighted by molar-refractivity contribution is 6.32. The molecule has 0 aliphatic carbocycles. The smallest absolute Gasteiger partial charge is 0.124 e. The molecule has 0 fully saturated rings. The number of benzene rings is 2. The predicted molar refractivity (Wildman–Crippen MR) is 75.2 cm³/mol. The third-order valence-corrected chi connectivity index (χ3v) is 3.56. The monoisotopic (exact) mass is 302 g/mol. The molecule has 0 saturated heterocycles. The van der Waals surface area contributed by atoms with E-state index in [1.54, 1.807) is 12.1 Å². The molecule has 0 nitrogen and oxygen atoms in total. The van der Waals surface area contributed by atoms with Crippen LogP contribution in [-0.4, -0.2) is 0 Å². The first kappa shape index (κ1) is 13.7. The molecule has 0 N–H and O–H groups in total. The molecule has 0 aliphatic rings. The molecule has 1 unspecified atom stereocenters. The lowest BCUT2D eigenvalue weighted by Gasteiger charge is -2.12. The first-order valence-electron chi connectivity index (χ1n) is 5.40. The SMILES string of the molecule is Fc1ccc(C(Cl)Cc2cccc(Cl)c2)c(Cl)c1. The van der Waals surface area contributed by atoms with E-state index in [0.29, 0.717) is 16.5 Å². The number of rotatable bonds is 3. The molecule has 0 amide bonds. The van der Waals surface area contributed by atoms with Crippen molar-refractivity contribution in [3.63, 3.8) is 0 Å². The first-order chi connectivity index (χ1) is 8.56. The van der Waals surface area contributed by atoms with Crippen molar-refractivity contribution >= 4 is 34.8 Å². The molecule has 0 bridgehead atoms. The lowest BCUT2D eigenvalue weighted by atomic mass is 10.0. The van der Waals surface area contributed by atoms with E-state index in [2.05, 4.69) is 0 Å². The summed E-state index contributed by atoms with van der Waals surface area (Å²) in [5, 5.41) is 0.704. The number of alkyl halides is 1. The lowest BCUT2D eigenvalue weighted by molar-refractivity contribution is 0.627. The van der Waals surface area contributed by atoms with Crippen LogP contribution in [0, 0.1) is 5.82 Å². The molecular formula is C14H10Cl3F. The Balaban J connectivity index is 2.19. The number of halogens is 4. The summed E-state index contributed by atoms with van der Waals surface area (Å²) in [5.41, 5.74) is 1.74.